The van der Waals surface area contributed by atoms with Gasteiger partial charge in [-0.25, -0.2) is 9.18 Å². The van der Waals surface area contributed by atoms with Crippen LogP contribution in [-0.2, 0) is 9.53 Å². The number of carbonyl (C=O) groups is 1. The maximum atomic E-state index is 14.3. The summed E-state index contributed by atoms with van der Waals surface area (Å²) in [6.07, 6.45) is 4.78. The summed E-state index contributed by atoms with van der Waals surface area (Å²) in [5, 5.41) is 11.8. The molecule has 2 N–H and O–H groups in total. The Labute approximate surface area is 106 Å². The lowest BCUT2D eigenvalue weighted by atomic mass is 9.85. The quantitative estimate of drug-likeness (QED) is 0.579. The minimum Gasteiger partial charge on any atom is -0.501 e. The molecular weight excluding hydrogens is 237 g/mol. The standard InChI is InChI=1S/C13H18FNO3/c1-4-10(6-5-9(2)18-3)11-7-15-8-13(11,14)12(16)17/h4-6,11,15H,1,7-8H2,2-3H3,(H,16,17)/b9-5+,10-6+/t11-,13-/m0/s1. The minimum absolute atomic E-state index is 0.189. The molecule has 0 saturated carbocycles. The van der Waals surface area contributed by atoms with Gasteiger partial charge < -0.3 is 15.2 Å². The van der Waals surface area contributed by atoms with E-state index >= 15 is 0 Å². The van der Waals surface area contributed by atoms with E-state index in [1.54, 1.807) is 19.1 Å². The van der Waals surface area contributed by atoms with Crippen LogP contribution in [0.25, 0.3) is 0 Å². The molecule has 1 rings (SSSR count). The molecular formula is C13H18FNO3. The van der Waals surface area contributed by atoms with Crippen molar-refractivity contribution in [2.24, 2.45) is 5.92 Å². The van der Waals surface area contributed by atoms with E-state index in [4.69, 9.17) is 9.84 Å². The lowest BCUT2D eigenvalue weighted by Gasteiger charge is -2.22. The van der Waals surface area contributed by atoms with Gasteiger partial charge in [-0.3, -0.25) is 0 Å². The van der Waals surface area contributed by atoms with E-state index in [1.165, 1.54) is 13.2 Å². The lowest BCUT2D eigenvalue weighted by Crippen LogP contribution is -2.42. The van der Waals surface area contributed by atoms with Crippen LogP contribution in [0.2, 0.25) is 0 Å². The summed E-state index contributed by atoms with van der Waals surface area (Å²) in [5.74, 6) is -1.54. The molecule has 0 radical (unpaired) electrons. The molecule has 1 aliphatic rings. The predicted molar refractivity (Wildman–Crippen MR) is 66.9 cm³/mol. The second kappa shape index (κ2) is 5.82. The van der Waals surface area contributed by atoms with E-state index < -0.39 is 17.6 Å². The van der Waals surface area contributed by atoms with E-state index in [9.17, 15) is 9.18 Å². The number of carboxylic acids is 1. The van der Waals surface area contributed by atoms with Crippen molar-refractivity contribution >= 4 is 5.97 Å². The first-order valence-electron chi connectivity index (χ1n) is 5.63. The van der Waals surface area contributed by atoms with Gasteiger partial charge >= 0.3 is 5.97 Å². The highest BCUT2D eigenvalue weighted by Gasteiger charge is 2.51. The van der Waals surface area contributed by atoms with E-state index in [0.29, 0.717) is 11.3 Å². The second-order valence-corrected chi connectivity index (χ2v) is 4.20. The smallest absolute Gasteiger partial charge is 0.343 e. The SMILES string of the molecule is C=C/C(=C\C=C(/C)OC)[C@@H]1CNC[C@@]1(F)C(=O)O. The summed E-state index contributed by atoms with van der Waals surface area (Å²) in [4.78, 5) is 11.0. The fourth-order valence-electron chi connectivity index (χ4n) is 1.90. The molecule has 0 bridgehead atoms. The molecule has 1 aliphatic heterocycles. The van der Waals surface area contributed by atoms with Gasteiger partial charge in [0.15, 0.2) is 0 Å². The van der Waals surface area contributed by atoms with Crippen LogP contribution in [0.3, 0.4) is 0 Å². The van der Waals surface area contributed by atoms with Crippen molar-refractivity contribution in [2.45, 2.75) is 12.6 Å². The summed E-state index contributed by atoms with van der Waals surface area (Å²) in [5.41, 5.74) is -1.74. The molecule has 1 fully saturated rings. The average Bonchev–Trinajstić information content (AvgIpc) is 2.73. The first-order valence-corrected chi connectivity index (χ1v) is 5.63. The molecule has 0 aliphatic carbocycles. The fraction of sp³-hybridized carbons (Fsp3) is 0.462. The van der Waals surface area contributed by atoms with Crippen molar-refractivity contribution in [3.05, 3.63) is 36.1 Å². The van der Waals surface area contributed by atoms with Gasteiger partial charge in [-0.15, -0.1) is 0 Å². The van der Waals surface area contributed by atoms with Crippen LogP contribution in [0, 0.1) is 5.92 Å². The molecule has 1 saturated heterocycles. The van der Waals surface area contributed by atoms with Crippen molar-refractivity contribution in [3.8, 4) is 0 Å². The van der Waals surface area contributed by atoms with Gasteiger partial charge in [0.05, 0.1) is 12.9 Å². The van der Waals surface area contributed by atoms with Crippen molar-refractivity contribution in [2.75, 3.05) is 20.2 Å². The number of aliphatic carboxylic acids is 1. The Morgan fingerprint density at radius 2 is 2.28 bits per heavy atom. The van der Waals surface area contributed by atoms with E-state index in [0.717, 1.165) is 0 Å². The highest BCUT2D eigenvalue weighted by atomic mass is 19.1. The maximum absolute atomic E-state index is 14.3. The van der Waals surface area contributed by atoms with Gasteiger partial charge in [0.2, 0.25) is 5.67 Å². The first-order chi connectivity index (χ1) is 8.45. The van der Waals surface area contributed by atoms with Crippen LogP contribution in [0.4, 0.5) is 4.39 Å². The number of ether oxygens (including phenoxy) is 1. The number of rotatable bonds is 5. The van der Waals surface area contributed by atoms with Crippen LogP contribution in [0.1, 0.15) is 6.92 Å². The molecule has 0 amide bonds. The van der Waals surface area contributed by atoms with Crippen molar-refractivity contribution < 1.29 is 19.0 Å². The molecule has 0 unspecified atom stereocenters. The normalized spacial score (nSPS) is 29.2. The highest BCUT2D eigenvalue weighted by molar-refractivity contribution is 5.79. The number of carboxylic acid groups (broad SMARTS) is 1. The van der Waals surface area contributed by atoms with Crippen LogP contribution in [0.15, 0.2) is 36.1 Å². The zero-order valence-electron chi connectivity index (χ0n) is 10.6. The van der Waals surface area contributed by atoms with Gasteiger partial charge in [0.25, 0.3) is 0 Å². The van der Waals surface area contributed by atoms with Crippen molar-refractivity contribution in [1.82, 2.24) is 5.32 Å². The van der Waals surface area contributed by atoms with Gasteiger partial charge in [-0.2, -0.15) is 0 Å². The number of methoxy groups -OCH3 is 1. The van der Waals surface area contributed by atoms with Gasteiger partial charge in [0, 0.05) is 19.0 Å². The second-order valence-electron chi connectivity index (χ2n) is 4.20. The molecule has 1 heterocycles. The highest BCUT2D eigenvalue weighted by Crippen LogP contribution is 2.33. The molecule has 0 aromatic carbocycles. The van der Waals surface area contributed by atoms with Crippen molar-refractivity contribution in [1.29, 1.82) is 0 Å². The van der Waals surface area contributed by atoms with Crippen LogP contribution in [-0.4, -0.2) is 36.9 Å². The number of allylic oxidation sites excluding steroid dienone is 4. The Kier molecular flexibility index (Phi) is 4.67. The molecule has 5 heteroatoms. The lowest BCUT2D eigenvalue weighted by molar-refractivity contribution is -0.151. The average molecular weight is 255 g/mol. The number of hydrogen-bond acceptors (Lipinski definition) is 3. The number of halogens is 1. The summed E-state index contributed by atoms with van der Waals surface area (Å²) >= 11 is 0. The largest absolute Gasteiger partial charge is 0.501 e. The Balaban J connectivity index is 3.02. The zero-order valence-corrected chi connectivity index (χ0v) is 10.6. The molecule has 0 aromatic rings. The Bertz CT molecular complexity index is 403. The zero-order chi connectivity index (χ0) is 13.8. The van der Waals surface area contributed by atoms with Crippen LogP contribution >= 0.6 is 0 Å². The van der Waals surface area contributed by atoms with Gasteiger partial charge in [-0.05, 0) is 18.6 Å². The van der Waals surface area contributed by atoms with Gasteiger partial charge in [0.1, 0.15) is 0 Å². The first kappa shape index (κ1) is 14.4. The Morgan fingerprint density at radius 3 is 2.78 bits per heavy atom. The molecule has 0 spiro atoms. The monoisotopic (exact) mass is 255 g/mol. The van der Waals surface area contributed by atoms with E-state index in [1.807, 2.05) is 0 Å². The third-order valence-corrected chi connectivity index (χ3v) is 3.11. The third-order valence-electron chi connectivity index (χ3n) is 3.11. The molecule has 2 atom stereocenters. The number of nitrogens with one attached hydrogen (secondary N) is 1. The van der Waals surface area contributed by atoms with Gasteiger partial charge in [-0.1, -0.05) is 18.7 Å². The topological polar surface area (TPSA) is 58.6 Å². The molecule has 18 heavy (non-hydrogen) atoms. The number of hydrogen-bond donors (Lipinski definition) is 2. The number of alkyl halides is 1. The summed E-state index contributed by atoms with van der Waals surface area (Å²) < 4.78 is 19.3. The summed E-state index contributed by atoms with van der Waals surface area (Å²) in [7, 11) is 1.53. The molecule has 100 valence electrons. The van der Waals surface area contributed by atoms with Crippen molar-refractivity contribution in [3.63, 3.8) is 0 Å². The summed E-state index contributed by atoms with van der Waals surface area (Å²) in [6.45, 7) is 5.45. The fourth-order valence-corrected chi connectivity index (χ4v) is 1.90. The summed E-state index contributed by atoms with van der Waals surface area (Å²) in [6, 6.07) is 0. The third kappa shape index (κ3) is 2.79. The van der Waals surface area contributed by atoms with Crippen LogP contribution in [0.5, 0.6) is 0 Å². The minimum atomic E-state index is -2.28. The molecule has 0 aromatic heterocycles. The predicted octanol–water partition coefficient (Wildman–Crippen LogP) is 1.66. The van der Waals surface area contributed by atoms with E-state index in [2.05, 4.69) is 11.9 Å². The molecule has 4 nitrogen and oxygen atoms in total. The van der Waals surface area contributed by atoms with Crippen LogP contribution < -0.4 is 5.32 Å². The Morgan fingerprint density at radius 1 is 1.61 bits per heavy atom. The Hall–Kier alpha value is -1.62. The van der Waals surface area contributed by atoms with E-state index in [-0.39, 0.29) is 13.1 Å². The maximum Gasteiger partial charge on any atom is 0.343 e.